The molecule has 2 aromatic rings. The molecule has 0 aromatic carbocycles. The van der Waals surface area contributed by atoms with Gasteiger partial charge in [0.25, 0.3) is 0 Å². The Morgan fingerprint density at radius 1 is 1.29 bits per heavy atom. The highest BCUT2D eigenvalue weighted by Gasteiger charge is 2.24. The average molecular weight is 288 g/mol. The molecule has 21 heavy (non-hydrogen) atoms. The van der Waals surface area contributed by atoms with Crippen LogP contribution in [0.2, 0.25) is 0 Å². The van der Waals surface area contributed by atoms with E-state index in [1.807, 2.05) is 31.8 Å². The van der Waals surface area contributed by atoms with Gasteiger partial charge < -0.3 is 0 Å². The number of rotatable bonds is 4. The molecule has 6 heteroatoms. The van der Waals surface area contributed by atoms with Crippen LogP contribution >= 0.6 is 0 Å². The van der Waals surface area contributed by atoms with Crippen LogP contribution in [0.25, 0.3) is 0 Å². The lowest BCUT2D eigenvalue weighted by Gasteiger charge is -2.35. The number of piperidine rings is 1. The molecule has 1 aliphatic heterocycles. The molecule has 0 radical (unpaired) electrons. The number of likely N-dealkylation sites (tertiary alicyclic amines) is 1. The van der Waals surface area contributed by atoms with E-state index in [0.29, 0.717) is 6.04 Å². The molecule has 0 unspecified atom stereocenters. The van der Waals surface area contributed by atoms with Crippen molar-refractivity contribution in [2.45, 2.75) is 52.2 Å². The highest BCUT2D eigenvalue weighted by molar-refractivity contribution is 5.04. The van der Waals surface area contributed by atoms with Gasteiger partial charge in [0.15, 0.2) is 0 Å². The summed E-state index contributed by atoms with van der Waals surface area (Å²) in [5, 5.41) is 8.78. The van der Waals surface area contributed by atoms with Crippen molar-refractivity contribution in [2.24, 2.45) is 7.05 Å². The molecule has 0 aliphatic carbocycles. The molecule has 114 valence electrons. The van der Waals surface area contributed by atoms with Crippen LogP contribution in [0.5, 0.6) is 0 Å². The van der Waals surface area contributed by atoms with Gasteiger partial charge in [0.2, 0.25) is 0 Å². The van der Waals surface area contributed by atoms with E-state index in [1.54, 1.807) is 0 Å². The Kier molecular flexibility index (Phi) is 4.05. The van der Waals surface area contributed by atoms with Crippen molar-refractivity contribution in [3.63, 3.8) is 0 Å². The van der Waals surface area contributed by atoms with Crippen molar-refractivity contribution in [1.82, 2.24) is 29.4 Å². The van der Waals surface area contributed by atoms with Crippen LogP contribution in [-0.2, 0) is 20.1 Å². The summed E-state index contributed by atoms with van der Waals surface area (Å²) in [5.74, 6) is 1.88. The van der Waals surface area contributed by atoms with Crippen molar-refractivity contribution in [2.75, 3.05) is 6.54 Å². The van der Waals surface area contributed by atoms with Crippen molar-refractivity contribution < 1.29 is 0 Å². The molecule has 3 rings (SSSR count). The molecule has 0 bridgehead atoms. The number of aromatic nitrogens is 5. The lowest BCUT2D eigenvalue weighted by atomic mass is 10.0. The number of hydrogen-bond acceptors (Lipinski definition) is 4. The summed E-state index contributed by atoms with van der Waals surface area (Å²) in [6.45, 7) is 7.07. The second kappa shape index (κ2) is 5.97. The molecule has 1 atom stereocenters. The van der Waals surface area contributed by atoms with Crippen LogP contribution in [0.15, 0.2) is 12.4 Å². The van der Waals surface area contributed by atoms with E-state index >= 15 is 0 Å². The van der Waals surface area contributed by atoms with Crippen molar-refractivity contribution >= 4 is 0 Å². The summed E-state index contributed by atoms with van der Waals surface area (Å²) in [6, 6.07) is 0.541. The predicted octanol–water partition coefficient (Wildman–Crippen LogP) is 1.68. The Bertz CT molecular complexity index is 599. The number of aryl methyl sites for hydroxylation is 3. The Labute approximate surface area is 125 Å². The Hall–Kier alpha value is -1.69. The maximum absolute atomic E-state index is 4.51. The Balaban J connectivity index is 1.70. The minimum Gasteiger partial charge on any atom is -0.294 e. The van der Waals surface area contributed by atoms with Gasteiger partial charge in [-0.15, -0.1) is 0 Å². The van der Waals surface area contributed by atoms with Gasteiger partial charge in [-0.2, -0.15) is 10.2 Å². The minimum absolute atomic E-state index is 0.541. The van der Waals surface area contributed by atoms with Gasteiger partial charge in [0.1, 0.15) is 11.6 Å². The minimum atomic E-state index is 0.541. The summed E-state index contributed by atoms with van der Waals surface area (Å²) >= 11 is 0. The van der Waals surface area contributed by atoms with Crippen LogP contribution in [0, 0.1) is 13.8 Å². The van der Waals surface area contributed by atoms with E-state index in [0.717, 1.165) is 31.3 Å². The van der Waals surface area contributed by atoms with Gasteiger partial charge in [-0.25, -0.2) is 9.67 Å². The fourth-order valence-corrected chi connectivity index (χ4v) is 3.20. The van der Waals surface area contributed by atoms with Crippen LogP contribution < -0.4 is 0 Å². The molecule has 0 amide bonds. The van der Waals surface area contributed by atoms with Gasteiger partial charge in [-0.3, -0.25) is 9.58 Å². The van der Waals surface area contributed by atoms with E-state index in [2.05, 4.69) is 31.0 Å². The summed E-state index contributed by atoms with van der Waals surface area (Å²) in [4.78, 5) is 6.98. The molecule has 0 spiro atoms. The third-order valence-corrected chi connectivity index (χ3v) is 4.24. The maximum atomic E-state index is 4.51. The molecule has 1 saturated heterocycles. The summed E-state index contributed by atoms with van der Waals surface area (Å²) < 4.78 is 3.93. The summed E-state index contributed by atoms with van der Waals surface area (Å²) in [6.07, 6.45) is 7.90. The summed E-state index contributed by atoms with van der Waals surface area (Å²) in [7, 11) is 1.97. The van der Waals surface area contributed by atoms with Crippen LogP contribution in [0.1, 0.15) is 36.5 Å². The molecule has 1 aliphatic rings. The predicted molar refractivity (Wildman–Crippen MR) is 80.8 cm³/mol. The molecule has 2 aromatic heterocycles. The zero-order valence-corrected chi connectivity index (χ0v) is 13.2. The zero-order chi connectivity index (χ0) is 14.8. The second-order valence-electron chi connectivity index (χ2n) is 6.03. The number of hydrogen-bond donors (Lipinski definition) is 0. The highest BCUT2D eigenvalue weighted by Crippen LogP contribution is 2.21. The first-order chi connectivity index (χ1) is 10.1. The van der Waals surface area contributed by atoms with Crippen LogP contribution in [0.4, 0.5) is 0 Å². The zero-order valence-electron chi connectivity index (χ0n) is 13.2. The van der Waals surface area contributed by atoms with Crippen LogP contribution in [-0.4, -0.2) is 42.0 Å². The number of nitrogens with zero attached hydrogens (tertiary/aromatic N) is 6. The van der Waals surface area contributed by atoms with Crippen molar-refractivity contribution in [3.05, 3.63) is 29.6 Å². The quantitative estimate of drug-likeness (QED) is 0.859. The van der Waals surface area contributed by atoms with E-state index < -0.39 is 0 Å². The molecule has 0 N–H and O–H groups in total. The van der Waals surface area contributed by atoms with Gasteiger partial charge in [-0.1, -0.05) is 6.42 Å². The average Bonchev–Trinajstić information content (AvgIpc) is 2.98. The lowest BCUT2D eigenvalue weighted by molar-refractivity contribution is 0.121. The van der Waals surface area contributed by atoms with E-state index in [4.69, 9.17) is 0 Å². The monoisotopic (exact) mass is 288 g/mol. The fourth-order valence-electron chi connectivity index (χ4n) is 3.20. The van der Waals surface area contributed by atoms with Gasteiger partial charge in [-0.05, 0) is 33.2 Å². The van der Waals surface area contributed by atoms with Crippen molar-refractivity contribution in [1.29, 1.82) is 0 Å². The molecular weight excluding hydrogens is 264 g/mol. The third-order valence-electron chi connectivity index (χ3n) is 4.24. The molecule has 1 fully saturated rings. The topological polar surface area (TPSA) is 51.8 Å². The van der Waals surface area contributed by atoms with Gasteiger partial charge in [0, 0.05) is 31.4 Å². The standard InChI is InChI=1S/C15H24N6/c1-12-17-13(2)21(18-12)11-15-6-4-5-7-20(15)10-14-8-16-19(3)9-14/h8-9,15H,4-7,10-11H2,1-3H3/t15-/m1/s1. The fraction of sp³-hybridized carbons (Fsp3) is 0.667. The first-order valence-corrected chi connectivity index (χ1v) is 7.71. The molecule has 3 heterocycles. The first-order valence-electron chi connectivity index (χ1n) is 7.71. The molecule has 0 saturated carbocycles. The van der Waals surface area contributed by atoms with Gasteiger partial charge >= 0.3 is 0 Å². The normalized spacial score (nSPS) is 20.0. The largest absolute Gasteiger partial charge is 0.294 e. The maximum Gasteiger partial charge on any atom is 0.147 e. The van der Waals surface area contributed by atoms with Crippen LogP contribution in [0.3, 0.4) is 0 Å². The van der Waals surface area contributed by atoms with E-state index in [9.17, 15) is 0 Å². The highest BCUT2D eigenvalue weighted by atomic mass is 15.4. The molecular formula is C15H24N6. The smallest absolute Gasteiger partial charge is 0.147 e. The Morgan fingerprint density at radius 2 is 2.14 bits per heavy atom. The van der Waals surface area contributed by atoms with Gasteiger partial charge in [0.05, 0.1) is 12.7 Å². The molecule has 6 nitrogen and oxygen atoms in total. The third kappa shape index (κ3) is 3.32. The second-order valence-corrected chi connectivity index (χ2v) is 6.03. The summed E-state index contributed by atoms with van der Waals surface area (Å²) in [5.41, 5.74) is 1.29. The lowest BCUT2D eigenvalue weighted by Crippen LogP contribution is -2.41. The Morgan fingerprint density at radius 3 is 2.81 bits per heavy atom. The first kappa shape index (κ1) is 14.3. The van der Waals surface area contributed by atoms with E-state index in [-0.39, 0.29) is 0 Å². The SMILES string of the molecule is Cc1nc(C)n(C[C@H]2CCCCN2Cc2cnn(C)c2)n1. The van der Waals surface area contributed by atoms with Crippen molar-refractivity contribution in [3.8, 4) is 0 Å². The van der Waals surface area contributed by atoms with E-state index in [1.165, 1.54) is 24.8 Å².